The molecule has 2 amide bonds. The first kappa shape index (κ1) is 17.4. The maximum atomic E-state index is 12.1. The smallest absolute Gasteiger partial charge is 0.273 e. The molecule has 2 N–H and O–H groups in total. The van der Waals surface area contributed by atoms with Gasteiger partial charge in [-0.3, -0.25) is 9.59 Å². The maximum Gasteiger partial charge on any atom is 0.273 e. The third-order valence-corrected chi connectivity index (χ3v) is 3.82. The second-order valence-corrected chi connectivity index (χ2v) is 6.04. The average Bonchev–Trinajstić information content (AvgIpc) is 3.12. The van der Waals surface area contributed by atoms with Crippen LogP contribution in [0, 0.1) is 13.8 Å². The van der Waals surface area contributed by atoms with E-state index in [4.69, 9.17) is 4.52 Å². The van der Waals surface area contributed by atoms with Crippen molar-refractivity contribution in [3.05, 3.63) is 71.4 Å². The van der Waals surface area contributed by atoms with Crippen LogP contribution in [0.25, 0.3) is 11.3 Å². The largest absolute Gasteiger partial charge is 0.355 e. The zero-order valence-electron chi connectivity index (χ0n) is 14.6. The molecule has 0 atom stereocenters. The normalized spacial score (nSPS) is 10.4. The molecule has 0 unspecified atom stereocenters. The molecule has 0 aliphatic carbocycles. The molecule has 6 nitrogen and oxygen atoms in total. The van der Waals surface area contributed by atoms with E-state index in [9.17, 15) is 9.59 Å². The van der Waals surface area contributed by atoms with Gasteiger partial charge in [0.25, 0.3) is 5.91 Å². The van der Waals surface area contributed by atoms with E-state index >= 15 is 0 Å². The van der Waals surface area contributed by atoms with Gasteiger partial charge in [0.05, 0.1) is 6.54 Å². The molecule has 0 radical (unpaired) electrons. The van der Waals surface area contributed by atoms with Gasteiger partial charge in [-0.2, -0.15) is 0 Å². The van der Waals surface area contributed by atoms with E-state index in [1.54, 1.807) is 18.2 Å². The zero-order valence-corrected chi connectivity index (χ0v) is 14.6. The van der Waals surface area contributed by atoms with Crippen molar-refractivity contribution in [1.29, 1.82) is 0 Å². The monoisotopic (exact) mass is 349 g/mol. The van der Waals surface area contributed by atoms with Crippen LogP contribution in [0.2, 0.25) is 0 Å². The number of nitrogens with zero attached hydrogens (tertiary/aromatic N) is 1. The Hall–Kier alpha value is -3.41. The highest BCUT2D eigenvalue weighted by atomic mass is 16.5. The Bertz CT molecular complexity index is 912. The lowest BCUT2D eigenvalue weighted by molar-refractivity contribution is -0.115. The van der Waals surface area contributed by atoms with Crippen LogP contribution in [-0.2, 0) is 4.79 Å². The summed E-state index contributed by atoms with van der Waals surface area (Å²) in [4.78, 5) is 24.1. The van der Waals surface area contributed by atoms with Crippen LogP contribution >= 0.6 is 0 Å². The Balaban J connectivity index is 1.55. The maximum absolute atomic E-state index is 12.1. The zero-order chi connectivity index (χ0) is 18.5. The number of carbonyl (C=O) groups is 2. The van der Waals surface area contributed by atoms with Gasteiger partial charge < -0.3 is 15.2 Å². The van der Waals surface area contributed by atoms with Gasteiger partial charge in [-0.05, 0) is 26.0 Å². The fourth-order valence-corrected chi connectivity index (χ4v) is 2.33. The number of nitrogens with one attached hydrogen (secondary N) is 2. The molecule has 0 bridgehead atoms. The van der Waals surface area contributed by atoms with Crippen LogP contribution in [0.1, 0.15) is 21.6 Å². The minimum Gasteiger partial charge on any atom is -0.355 e. The summed E-state index contributed by atoms with van der Waals surface area (Å²) >= 11 is 0. The van der Waals surface area contributed by atoms with Crippen LogP contribution in [0.5, 0.6) is 0 Å². The van der Waals surface area contributed by atoms with Gasteiger partial charge in [0.1, 0.15) is 0 Å². The van der Waals surface area contributed by atoms with Crippen molar-refractivity contribution >= 4 is 17.5 Å². The Kier molecular flexibility index (Phi) is 5.12. The quantitative estimate of drug-likeness (QED) is 0.740. The Morgan fingerprint density at radius 1 is 0.962 bits per heavy atom. The van der Waals surface area contributed by atoms with Crippen LogP contribution in [0.4, 0.5) is 5.69 Å². The number of benzene rings is 2. The van der Waals surface area contributed by atoms with E-state index in [0.717, 1.165) is 16.7 Å². The number of aromatic nitrogens is 1. The second kappa shape index (κ2) is 7.65. The van der Waals surface area contributed by atoms with E-state index in [0.29, 0.717) is 11.4 Å². The van der Waals surface area contributed by atoms with Gasteiger partial charge in [-0.25, -0.2) is 0 Å². The van der Waals surface area contributed by atoms with E-state index < -0.39 is 5.91 Å². The summed E-state index contributed by atoms with van der Waals surface area (Å²) < 4.78 is 5.21. The topological polar surface area (TPSA) is 84.2 Å². The van der Waals surface area contributed by atoms with Crippen molar-refractivity contribution in [1.82, 2.24) is 10.5 Å². The molecule has 0 saturated heterocycles. The number of hydrogen-bond donors (Lipinski definition) is 2. The summed E-state index contributed by atoms with van der Waals surface area (Å²) in [5, 5.41) is 9.01. The predicted octanol–water partition coefficient (Wildman–Crippen LogP) is 3.33. The highest BCUT2D eigenvalue weighted by Crippen LogP contribution is 2.20. The third kappa shape index (κ3) is 4.36. The minimum atomic E-state index is -0.467. The summed E-state index contributed by atoms with van der Waals surface area (Å²) in [6, 6.07) is 16.7. The molecule has 1 heterocycles. The fourth-order valence-electron chi connectivity index (χ4n) is 2.33. The van der Waals surface area contributed by atoms with E-state index in [2.05, 4.69) is 15.8 Å². The molecule has 1 aromatic heterocycles. The van der Waals surface area contributed by atoms with Crippen molar-refractivity contribution in [2.75, 3.05) is 11.9 Å². The molecule has 6 heteroatoms. The molecule has 0 aliphatic rings. The predicted molar refractivity (Wildman–Crippen MR) is 98.8 cm³/mol. The molecule has 132 valence electrons. The van der Waals surface area contributed by atoms with Crippen molar-refractivity contribution in [2.45, 2.75) is 13.8 Å². The first-order valence-corrected chi connectivity index (χ1v) is 8.20. The molecule has 3 rings (SSSR count). The van der Waals surface area contributed by atoms with Crippen LogP contribution in [0.15, 0.2) is 59.1 Å². The van der Waals surface area contributed by atoms with Gasteiger partial charge in [0.2, 0.25) is 5.91 Å². The van der Waals surface area contributed by atoms with E-state index in [1.807, 2.05) is 50.2 Å². The summed E-state index contributed by atoms with van der Waals surface area (Å²) in [7, 11) is 0. The highest BCUT2D eigenvalue weighted by molar-refractivity contribution is 5.98. The summed E-state index contributed by atoms with van der Waals surface area (Å²) in [6.45, 7) is 3.80. The molecule has 2 aromatic carbocycles. The van der Waals surface area contributed by atoms with Gasteiger partial charge in [-0.1, -0.05) is 52.7 Å². The second-order valence-electron chi connectivity index (χ2n) is 6.04. The van der Waals surface area contributed by atoms with Crippen LogP contribution in [-0.4, -0.2) is 23.5 Å². The average molecular weight is 349 g/mol. The summed E-state index contributed by atoms with van der Waals surface area (Å²) in [5.41, 5.74) is 3.87. The molecular weight excluding hydrogens is 330 g/mol. The lowest BCUT2D eigenvalue weighted by Gasteiger charge is -2.06. The van der Waals surface area contributed by atoms with Crippen molar-refractivity contribution < 1.29 is 14.1 Å². The van der Waals surface area contributed by atoms with Crippen molar-refractivity contribution in [3.63, 3.8) is 0 Å². The van der Waals surface area contributed by atoms with Gasteiger partial charge in [0, 0.05) is 17.3 Å². The molecule has 3 aromatic rings. The van der Waals surface area contributed by atoms with Gasteiger partial charge >= 0.3 is 0 Å². The molecule has 26 heavy (non-hydrogen) atoms. The standard InChI is InChI=1S/C20H19N3O3/c1-13-3-7-15(8-4-13)18-11-17(23-26-18)20(25)21-12-19(24)22-16-9-5-14(2)6-10-16/h3-11H,12H2,1-2H3,(H,21,25)(H,22,24). The summed E-state index contributed by atoms with van der Waals surface area (Å²) in [6.07, 6.45) is 0. The summed E-state index contributed by atoms with van der Waals surface area (Å²) in [5.74, 6) is -0.283. The van der Waals surface area contributed by atoms with Crippen LogP contribution < -0.4 is 10.6 Å². The molecule has 0 saturated carbocycles. The van der Waals surface area contributed by atoms with Crippen LogP contribution in [0.3, 0.4) is 0 Å². The van der Waals surface area contributed by atoms with E-state index in [-0.39, 0.29) is 18.1 Å². The lowest BCUT2D eigenvalue weighted by atomic mass is 10.1. The lowest BCUT2D eigenvalue weighted by Crippen LogP contribution is -2.33. The van der Waals surface area contributed by atoms with Crippen molar-refractivity contribution in [2.24, 2.45) is 0 Å². The molecular formula is C20H19N3O3. The molecule has 0 aliphatic heterocycles. The Morgan fingerprint density at radius 3 is 2.23 bits per heavy atom. The van der Waals surface area contributed by atoms with Gasteiger partial charge in [0.15, 0.2) is 11.5 Å². The van der Waals surface area contributed by atoms with Gasteiger partial charge in [-0.15, -0.1) is 0 Å². The first-order chi connectivity index (χ1) is 12.5. The first-order valence-electron chi connectivity index (χ1n) is 8.20. The fraction of sp³-hybridized carbons (Fsp3) is 0.150. The van der Waals surface area contributed by atoms with E-state index in [1.165, 1.54) is 0 Å². The molecule has 0 fully saturated rings. The van der Waals surface area contributed by atoms with Crippen molar-refractivity contribution in [3.8, 4) is 11.3 Å². The SMILES string of the molecule is Cc1ccc(NC(=O)CNC(=O)c2cc(-c3ccc(C)cc3)on2)cc1. The third-order valence-electron chi connectivity index (χ3n) is 3.82. The Morgan fingerprint density at radius 2 is 1.58 bits per heavy atom. The number of carbonyl (C=O) groups excluding carboxylic acids is 2. The number of hydrogen-bond acceptors (Lipinski definition) is 4. The minimum absolute atomic E-state index is 0.128. The molecule has 0 spiro atoms. The highest BCUT2D eigenvalue weighted by Gasteiger charge is 2.14. The number of rotatable bonds is 5. The number of aryl methyl sites for hydroxylation is 2. The Labute approximate surface area is 151 Å². The number of anilines is 1. The number of amides is 2.